The van der Waals surface area contributed by atoms with Crippen LogP contribution in [0.2, 0.25) is 10.0 Å². The Bertz CT molecular complexity index is 1880. The minimum atomic E-state index is -4.23. The second-order valence-corrected chi connectivity index (χ2v) is 14.6. The van der Waals surface area contributed by atoms with Gasteiger partial charge in [0.1, 0.15) is 0 Å². The minimum Gasteiger partial charge on any atom is -0.505 e. The maximum Gasteiger partial charge on any atom is 0.268 e. The van der Waals surface area contributed by atoms with Crippen LogP contribution in [0.5, 0.6) is 5.75 Å². The summed E-state index contributed by atoms with van der Waals surface area (Å²) in [5, 5.41) is 15.3. The van der Waals surface area contributed by atoms with E-state index in [1.54, 1.807) is 24.3 Å². The van der Waals surface area contributed by atoms with Gasteiger partial charge in [-0.25, -0.2) is 12.7 Å². The molecule has 0 spiro atoms. The van der Waals surface area contributed by atoms with Crippen LogP contribution < -0.4 is 9.62 Å². The number of sulfonamides is 1. The molecule has 9 heteroatoms. The van der Waals surface area contributed by atoms with Crippen molar-refractivity contribution in [1.82, 2.24) is 0 Å². The van der Waals surface area contributed by atoms with Gasteiger partial charge in [0.25, 0.3) is 10.0 Å². The van der Waals surface area contributed by atoms with Crippen LogP contribution >= 0.6 is 39.1 Å². The van der Waals surface area contributed by atoms with E-state index >= 15 is 0 Å². The first-order valence-electron chi connectivity index (χ1n) is 13.2. The molecule has 0 heterocycles. The van der Waals surface area contributed by atoms with Gasteiger partial charge in [0.2, 0.25) is 0 Å². The van der Waals surface area contributed by atoms with Gasteiger partial charge in [-0.15, -0.1) is 0 Å². The molecule has 0 unspecified atom stereocenters. The zero-order valence-corrected chi connectivity index (χ0v) is 27.3. The number of halogens is 3. The number of phenolic OH excluding ortho intramolecular Hbond substituents is 1. The number of rotatable bonds is 6. The van der Waals surface area contributed by atoms with Gasteiger partial charge in [-0.1, -0.05) is 102 Å². The third-order valence-corrected chi connectivity index (χ3v) is 9.79. The highest BCUT2D eigenvalue weighted by Gasteiger charge is 2.34. The third kappa shape index (κ3) is 5.84. The van der Waals surface area contributed by atoms with E-state index in [1.165, 1.54) is 16.4 Å². The molecule has 5 aromatic carbocycles. The van der Waals surface area contributed by atoms with Gasteiger partial charge in [0.15, 0.2) is 5.75 Å². The normalized spacial score (nSPS) is 12.0. The molecule has 0 fully saturated rings. The number of hydrogen-bond acceptors (Lipinski definition) is 4. The third-order valence-electron chi connectivity index (χ3n) is 6.95. The highest BCUT2D eigenvalue weighted by Crippen LogP contribution is 2.48. The first kappa shape index (κ1) is 30.2. The summed E-state index contributed by atoms with van der Waals surface area (Å²) in [6, 6.07) is 27.1. The van der Waals surface area contributed by atoms with Crippen molar-refractivity contribution < 1.29 is 13.5 Å². The summed E-state index contributed by atoms with van der Waals surface area (Å²) in [5.41, 5.74) is 3.84. The smallest absolute Gasteiger partial charge is 0.268 e. The molecule has 0 atom stereocenters. The number of aromatic hydroxyl groups is 1. The highest BCUT2D eigenvalue weighted by molar-refractivity contribution is 9.10. The van der Waals surface area contributed by atoms with E-state index in [4.69, 9.17) is 23.2 Å². The van der Waals surface area contributed by atoms with Gasteiger partial charge in [-0.05, 0) is 72.5 Å². The molecule has 0 aromatic heterocycles. The van der Waals surface area contributed by atoms with Gasteiger partial charge in [-0.3, -0.25) is 0 Å². The molecule has 5 nitrogen and oxygen atoms in total. The number of phenols is 1. The lowest BCUT2D eigenvalue weighted by Gasteiger charge is -2.33. The Balaban J connectivity index is 1.88. The molecular formula is C33H29BrCl2N2O3S. The lowest BCUT2D eigenvalue weighted by molar-refractivity contribution is 0.476. The first-order valence-corrected chi connectivity index (χ1v) is 16.1. The van der Waals surface area contributed by atoms with Crippen molar-refractivity contribution in [3.05, 3.63) is 117 Å². The molecule has 5 aromatic rings. The van der Waals surface area contributed by atoms with E-state index in [0.717, 1.165) is 32.4 Å². The number of nitrogens with one attached hydrogen (secondary N) is 1. The molecule has 216 valence electrons. The molecule has 42 heavy (non-hydrogen) atoms. The molecule has 0 aliphatic heterocycles. The molecule has 0 saturated heterocycles. The van der Waals surface area contributed by atoms with Gasteiger partial charge >= 0.3 is 0 Å². The van der Waals surface area contributed by atoms with E-state index < -0.39 is 15.4 Å². The van der Waals surface area contributed by atoms with E-state index in [0.29, 0.717) is 11.1 Å². The molecule has 0 radical (unpaired) electrons. The average molecular weight is 684 g/mol. The Morgan fingerprint density at radius 1 is 0.833 bits per heavy atom. The van der Waals surface area contributed by atoms with Crippen LogP contribution in [0, 0.1) is 6.92 Å². The molecule has 0 aliphatic rings. The molecule has 0 aliphatic carbocycles. The van der Waals surface area contributed by atoms with Crippen LogP contribution in [0.25, 0.3) is 10.8 Å². The van der Waals surface area contributed by atoms with E-state index in [-0.39, 0.29) is 26.4 Å². The van der Waals surface area contributed by atoms with Crippen LogP contribution in [-0.2, 0) is 15.4 Å². The van der Waals surface area contributed by atoms with Crippen LogP contribution in [0.1, 0.15) is 31.9 Å². The van der Waals surface area contributed by atoms with Crippen molar-refractivity contribution in [1.29, 1.82) is 0 Å². The van der Waals surface area contributed by atoms with Crippen molar-refractivity contribution in [2.45, 2.75) is 38.0 Å². The zero-order chi connectivity index (χ0) is 30.4. The predicted octanol–water partition coefficient (Wildman–Crippen LogP) is 10.5. The van der Waals surface area contributed by atoms with Gasteiger partial charge in [0.05, 0.1) is 26.3 Å². The van der Waals surface area contributed by atoms with Crippen molar-refractivity contribution in [3.63, 3.8) is 0 Å². The second kappa shape index (κ2) is 11.5. The van der Waals surface area contributed by atoms with E-state index in [2.05, 4.69) is 21.2 Å². The summed E-state index contributed by atoms with van der Waals surface area (Å²) in [5.74, 6) is -0.318. The monoisotopic (exact) mass is 682 g/mol. The van der Waals surface area contributed by atoms with Crippen molar-refractivity contribution >= 4 is 82.7 Å². The van der Waals surface area contributed by atoms with E-state index in [1.807, 2.05) is 82.3 Å². The standard InChI is InChI=1S/C33H29BrCl2N2O3S/c1-20-9-13-22(14-10-20)37-30-19-27(33(2,3)4)31(26-8-6-5-7-25(26)30)38(23-17-28(35)32(39)29(36)18-23)42(40,41)24-15-11-21(34)12-16-24/h5-19,37,39H,1-4H3. The van der Waals surface area contributed by atoms with Crippen molar-refractivity contribution in [2.24, 2.45) is 0 Å². The van der Waals surface area contributed by atoms with Crippen molar-refractivity contribution in [2.75, 3.05) is 9.62 Å². The average Bonchev–Trinajstić information content (AvgIpc) is 2.93. The molecule has 0 saturated carbocycles. The largest absolute Gasteiger partial charge is 0.505 e. The summed E-state index contributed by atoms with van der Waals surface area (Å²) in [6.07, 6.45) is 0. The molecule has 5 rings (SSSR count). The molecule has 0 amide bonds. The predicted molar refractivity (Wildman–Crippen MR) is 179 cm³/mol. The Morgan fingerprint density at radius 3 is 1.98 bits per heavy atom. The number of hydrogen-bond donors (Lipinski definition) is 2. The van der Waals surface area contributed by atoms with Gasteiger partial charge < -0.3 is 10.4 Å². The Kier molecular flexibility index (Phi) is 8.25. The topological polar surface area (TPSA) is 69.6 Å². The van der Waals surface area contributed by atoms with Crippen LogP contribution in [0.15, 0.2) is 100 Å². The Morgan fingerprint density at radius 2 is 1.40 bits per heavy atom. The van der Waals surface area contributed by atoms with Gasteiger partial charge in [-0.2, -0.15) is 0 Å². The molecular weight excluding hydrogens is 655 g/mol. The Labute approximate surface area is 264 Å². The first-order chi connectivity index (χ1) is 19.8. The molecule has 2 N–H and O–H groups in total. The maximum absolute atomic E-state index is 14.6. The SMILES string of the molecule is Cc1ccc(Nc2cc(C(C)(C)C)c(N(c3cc(Cl)c(O)c(Cl)c3)S(=O)(=O)c3ccc(Br)cc3)c3ccccc23)cc1. The zero-order valence-electron chi connectivity index (χ0n) is 23.4. The fourth-order valence-electron chi connectivity index (χ4n) is 4.82. The quantitative estimate of drug-likeness (QED) is 0.187. The summed E-state index contributed by atoms with van der Waals surface area (Å²) >= 11 is 16.1. The fourth-order valence-corrected chi connectivity index (χ4v) is 7.07. The lowest BCUT2D eigenvalue weighted by Crippen LogP contribution is -2.29. The number of anilines is 4. The lowest BCUT2D eigenvalue weighted by atomic mass is 9.83. The van der Waals surface area contributed by atoms with Crippen LogP contribution in [0.3, 0.4) is 0 Å². The van der Waals surface area contributed by atoms with E-state index in [9.17, 15) is 13.5 Å². The fraction of sp³-hybridized carbons (Fsp3) is 0.152. The summed E-state index contributed by atoms with van der Waals surface area (Å²) in [6.45, 7) is 8.15. The Hall–Kier alpha value is -3.23. The highest BCUT2D eigenvalue weighted by atomic mass is 79.9. The number of fused-ring (bicyclic) bond motifs is 1. The number of benzene rings is 5. The van der Waals surface area contributed by atoms with Crippen molar-refractivity contribution in [3.8, 4) is 5.75 Å². The maximum atomic E-state index is 14.6. The minimum absolute atomic E-state index is 0.0622. The number of aryl methyl sites for hydroxylation is 1. The number of nitrogens with zero attached hydrogens (tertiary/aromatic N) is 1. The van der Waals surface area contributed by atoms with Crippen LogP contribution in [-0.4, -0.2) is 13.5 Å². The molecule has 0 bridgehead atoms. The summed E-state index contributed by atoms with van der Waals surface area (Å²) < 4.78 is 31.3. The van der Waals surface area contributed by atoms with Crippen LogP contribution in [0.4, 0.5) is 22.7 Å². The second-order valence-electron chi connectivity index (χ2n) is 11.1. The van der Waals surface area contributed by atoms with Gasteiger partial charge in [0, 0.05) is 26.6 Å². The summed E-state index contributed by atoms with van der Waals surface area (Å²) in [4.78, 5) is 0.0804. The summed E-state index contributed by atoms with van der Waals surface area (Å²) in [7, 11) is -4.23.